The van der Waals surface area contributed by atoms with E-state index in [-0.39, 0.29) is 11.8 Å². The Kier molecular flexibility index (Phi) is 6.22. The molecule has 0 amide bonds. The van der Waals surface area contributed by atoms with E-state index in [4.69, 9.17) is 4.74 Å². The zero-order valence-corrected chi connectivity index (χ0v) is 16.1. The van der Waals surface area contributed by atoms with Gasteiger partial charge in [-0.3, -0.25) is 4.79 Å². The summed E-state index contributed by atoms with van der Waals surface area (Å²) >= 11 is 0. The first kappa shape index (κ1) is 19.4. The highest BCUT2D eigenvalue weighted by Crippen LogP contribution is 2.15. The van der Waals surface area contributed by atoms with Crippen LogP contribution in [0.5, 0.6) is 0 Å². The molecule has 0 saturated heterocycles. The van der Waals surface area contributed by atoms with Crippen molar-refractivity contribution in [2.75, 3.05) is 6.61 Å². The Hall–Kier alpha value is -3.40. The number of hydrogen-bond acceptors (Lipinski definition) is 3. The normalized spacial score (nSPS) is 10.9. The van der Waals surface area contributed by atoms with Gasteiger partial charge in [-0.2, -0.15) is 0 Å². The molecule has 28 heavy (non-hydrogen) atoms. The first-order chi connectivity index (χ1) is 13.6. The van der Waals surface area contributed by atoms with Gasteiger partial charge in [0.25, 0.3) is 0 Å². The number of aromatic nitrogens is 1. The van der Waals surface area contributed by atoms with Gasteiger partial charge in [0.2, 0.25) is 5.78 Å². The second-order valence-corrected chi connectivity index (χ2v) is 6.45. The molecule has 0 N–H and O–H groups in total. The van der Waals surface area contributed by atoms with E-state index in [1.54, 1.807) is 13.0 Å². The van der Waals surface area contributed by atoms with Gasteiger partial charge >= 0.3 is 5.97 Å². The Balaban J connectivity index is 1.77. The van der Waals surface area contributed by atoms with Gasteiger partial charge in [-0.15, -0.1) is 0 Å². The zero-order chi connectivity index (χ0) is 19.9. The minimum atomic E-state index is -0.334. The summed E-state index contributed by atoms with van der Waals surface area (Å²) in [6.45, 7) is 4.65. The summed E-state index contributed by atoms with van der Waals surface area (Å²) in [4.78, 5) is 24.9. The third kappa shape index (κ3) is 4.46. The number of ketones is 1. The molecule has 0 unspecified atom stereocenters. The maximum atomic E-state index is 12.8. The van der Waals surface area contributed by atoms with Crippen LogP contribution >= 0.6 is 0 Å². The van der Waals surface area contributed by atoms with E-state index in [0.29, 0.717) is 30.0 Å². The molecule has 4 heteroatoms. The maximum Gasteiger partial charge on any atom is 0.338 e. The molecule has 0 bridgehead atoms. The van der Waals surface area contributed by atoms with E-state index in [1.807, 2.05) is 84.4 Å². The second-order valence-electron chi connectivity index (χ2n) is 6.45. The molecule has 0 spiro atoms. The lowest BCUT2D eigenvalue weighted by Crippen LogP contribution is -2.09. The minimum Gasteiger partial charge on any atom is -0.462 e. The highest BCUT2D eigenvalue weighted by Gasteiger charge is 2.13. The number of hydrogen-bond donors (Lipinski definition) is 0. The third-order valence-corrected chi connectivity index (χ3v) is 4.43. The molecule has 0 radical (unpaired) electrons. The standard InChI is InChI=1S/C24H23NO3/c1-3-28-24(27)21-10-5-4-8-19(21)9-6-16-25-17-7-11-22(25)23(26)20-14-12-18(2)13-15-20/h4-15,17H,3,16H2,1-2H3. The van der Waals surface area contributed by atoms with Crippen LogP contribution in [0, 0.1) is 6.92 Å². The van der Waals surface area contributed by atoms with Gasteiger partial charge in [-0.05, 0) is 37.6 Å². The number of rotatable bonds is 7. The second kappa shape index (κ2) is 9.00. The lowest BCUT2D eigenvalue weighted by atomic mass is 10.1. The van der Waals surface area contributed by atoms with Crippen LogP contribution in [0.4, 0.5) is 0 Å². The van der Waals surface area contributed by atoms with Crippen molar-refractivity contribution < 1.29 is 14.3 Å². The van der Waals surface area contributed by atoms with E-state index < -0.39 is 0 Å². The van der Waals surface area contributed by atoms with Crippen molar-refractivity contribution in [3.63, 3.8) is 0 Å². The highest BCUT2D eigenvalue weighted by molar-refractivity contribution is 6.08. The van der Waals surface area contributed by atoms with Crippen LogP contribution in [-0.4, -0.2) is 22.9 Å². The summed E-state index contributed by atoms with van der Waals surface area (Å²) in [5, 5.41) is 0. The number of carbonyl (C=O) groups is 2. The number of ether oxygens (including phenoxy) is 1. The van der Waals surface area contributed by atoms with E-state index in [1.165, 1.54) is 0 Å². The monoisotopic (exact) mass is 373 g/mol. The molecular formula is C24H23NO3. The summed E-state index contributed by atoms with van der Waals surface area (Å²) in [6, 6.07) is 18.6. The Morgan fingerprint density at radius 1 is 1.00 bits per heavy atom. The van der Waals surface area contributed by atoms with Gasteiger partial charge in [-0.25, -0.2) is 4.79 Å². The molecule has 3 aromatic rings. The van der Waals surface area contributed by atoms with Crippen LogP contribution in [0.15, 0.2) is 72.9 Å². The predicted molar refractivity (Wildman–Crippen MR) is 110 cm³/mol. The van der Waals surface area contributed by atoms with Crippen molar-refractivity contribution >= 4 is 17.8 Å². The Bertz CT molecular complexity index is 997. The molecule has 4 nitrogen and oxygen atoms in total. The van der Waals surface area contributed by atoms with Crippen molar-refractivity contribution in [2.24, 2.45) is 0 Å². The molecule has 1 aromatic heterocycles. The van der Waals surface area contributed by atoms with Crippen LogP contribution in [0.1, 0.15) is 44.5 Å². The molecule has 0 aliphatic rings. The number of aryl methyl sites for hydroxylation is 1. The first-order valence-corrected chi connectivity index (χ1v) is 9.29. The molecule has 0 fully saturated rings. The molecule has 0 atom stereocenters. The van der Waals surface area contributed by atoms with Gasteiger partial charge in [0.05, 0.1) is 17.9 Å². The van der Waals surface area contributed by atoms with E-state index in [2.05, 4.69) is 0 Å². The van der Waals surface area contributed by atoms with Crippen LogP contribution in [0.25, 0.3) is 6.08 Å². The average Bonchev–Trinajstić information content (AvgIpc) is 3.17. The molecule has 0 aliphatic heterocycles. The molecule has 0 aliphatic carbocycles. The number of carbonyl (C=O) groups excluding carboxylic acids is 2. The zero-order valence-electron chi connectivity index (χ0n) is 16.1. The van der Waals surface area contributed by atoms with E-state index in [9.17, 15) is 9.59 Å². The lowest BCUT2D eigenvalue weighted by Gasteiger charge is -2.07. The fraction of sp³-hybridized carbons (Fsp3) is 0.167. The van der Waals surface area contributed by atoms with Gasteiger partial charge in [0.15, 0.2) is 0 Å². The van der Waals surface area contributed by atoms with Gasteiger partial charge < -0.3 is 9.30 Å². The Morgan fingerprint density at radius 2 is 1.75 bits per heavy atom. The number of allylic oxidation sites excluding steroid dienone is 1. The summed E-state index contributed by atoms with van der Waals surface area (Å²) in [5.74, 6) is -0.343. The van der Waals surface area contributed by atoms with Gasteiger partial charge in [0.1, 0.15) is 0 Å². The van der Waals surface area contributed by atoms with Crippen molar-refractivity contribution in [3.05, 3.63) is 101 Å². The third-order valence-electron chi connectivity index (χ3n) is 4.43. The molecule has 2 aromatic carbocycles. The molecule has 142 valence electrons. The van der Waals surface area contributed by atoms with Crippen LogP contribution in [-0.2, 0) is 11.3 Å². The van der Waals surface area contributed by atoms with Crippen LogP contribution < -0.4 is 0 Å². The van der Waals surface area contributed by atoms with Gasteiger partial charge in [0, 0.05) is 18.3 Å². The highest BCUT2D eigenvalue weighted by atomic mass is 16.5. The van der Waals surface area contributed by atoms with E-state index >= 15 is 0 Å². The quantitative estimate of drug-likeness (QED) is 0.436. The predicted octanol–water partition coefficient (Wildman–Crippen LogP) is 4.92. The van der Waals surface area contributed by atoms with Crippen molar-refractivity contribution in [2.45, 2.75) is 20.4 Å². The lowest BCUT2D eigenvalue weighted by molar-refractivity contribution is 0.0526. The number of esters is 1. The van der Waals surface area contributed by atoms with E-state index in [0.717, 1.165) is 11.1 Å². The molecular weight excluding hydrogens is 350 g/mol. The molecule has 3 rings (SSSR count). The minimum absolute atomic E-state index is 0.00896. The number of nitrogens with zero attached hydrogens (tertiary/aromatic N) is 1. The summed E-state index contributed by atoms with van der Waals surface area (Å²) in [5.41, 5.74) is 3.74. The fourth-order valence-electron chi connectivity index (χ4n) is 2.96. The summed E-state index contributed by atoms with van der Waals surface area (Å²) < 4.78 is 7.00. The van der Waals surface area contributed by atoms with Gasteiger partial charge in [-0.1, -0.05) is 60.2 Å². The fourth-order valence-corrected chi connectivity index (χ4v) is 2.96. The van der Waals surface area contributed by atoms with Crippen molar-refractivity contribution in [1.82, 2.24) is 4.57 Å². The first-order valence-electron chi connectivity index (χ1n) is 9.29. The van der Waals surface area contributed by atoms with Crippen LogP contribution in [0.3, 0.4) is 0 Å². The maximum absolute atomic E-state index is 12.8. The van der Waals surface area contributed by atoms with Crippen molar-refractivity contribution in [1.29, 1.82) is 0 Å². The summed E-state index contributed by atoms with van der Waals surface area (Å²) in [6.07, 6.45) is 5.69. The van der Waals surface area contributed by atoms with Crippen molar-refractivity contribution in [3.8, 4) is 0 Å². The SMILES string of the molecule is CCOC(=O)c1ccccc1C=CCn1cccc1C(=O)c1ccc(C)cc1. The smallest absolute Gasteiger partial charge is 0.338 e. The molecule has 0 saturated carbocycles. The topological polar surface area (TPSA) is 48.3 Å². The Morgan fingerprint density at radius 3 is 2.50 bits per heavy atom. The number of benzene rings is 2. The largest absolute Gasteiger partial charge is 0.462 e. The average molecular weight is 373 g/mol. The Labute approximate surface area is 165 Å². The van der Waals surface area contributed by atoms with Crippen LogP contribution in [0.2, 0.25) is 0 Å². The summed E-state index contributed by atoms with van der Waals surface area (Å²) in [7, 11) is 0. The molecule has 1 heterocycles.